The first-order chi connectivity index (χ1) is 11.9. The van der Waals surface area contributed by atoms with Gasteiger partial charge in [0.2, 0.25) is 0 Å². The Kier molecular flexibility index (Phi) is 22.6. The van der Waals surface area contributed by atoms with Crippen molar-refractivity contribution in [1.82, 2.24) is 0 Å². The molecule has 0 aromatic carbocycles. The molecule has 0 fully saturated rings. The summed E-state index contributed by atoms with van der Waals surface area (Å²) in [6, 6.07) is 0. The van der Waals surface area contributed by atoms with Gasteiger partial charge in [0.05, 0.1) is 16.2 Å². The van der Waals surface area contributed by atoms with Crippen LogP contribution in [0.1, 0.15) is 117 Å². The van der Waals surface area contributed by atoms with Crippen molar-refractivity contribution in [3.63, 3.8) is 0 Å². The summed E-state index contributed by atoms with van der Waals surface area (Å²) in [7, 11) is -4.21. The van der Waals surface area contributed by atoms with E-state index in [1.807, 2.05) is 0 Å². The molecular weight excluding hydrogens is 375 g/mol. The number of hydrogen-bond donors (Lipinski definition) is 1. The molecular formula is C20H41KO4S. The maximum absolute atomic E-state index is 11.3. The van der Waals surface area contributed by atoms with E-state index in [9.17, 15) is 18.1 Å². The van der Waals surface area contributed by atoms with Crippen molar-refractivity contribution >= 4 is 10.1 Å². The quantitative estimate of drug-likeness (QED) is 0.212. The van der Waals surface area contributed by atoms with Crippen molar-refractivity contribution in [2.75, 3.05) is 0 Å². The molecule has 0 heterocycles. The van der Waals surface area contributed by atoms with Gasteiger partial charge in [-0.1, -0.05) is 84.5 Å². The summed E-state index contributed by atoms with van der Waals surface area (Å²) in [5.74, 6) is 0. The smallest absolute Gasteiger partial charge is 0.748 e. The zero-order valence-corrected chi connectivity index (χ0v) is 21.5. The predicted octanol–water partition coefficient (Wildman–Crippen LogP) is 2.55. The van der Waals surface area contributed by atoms with Gasteiger partial charge in [-0.3, -0.25) is 0 Å². The summed E-state index contributed by atoms with van der Waals surface area (Å²) < 4.78 is 34.0. The molecule has 0 aliphatic rings. The van der Waals surface area contributed by atoms with Gasteiger partial charge in [-0.25, -0.2) is 8.42 Å². The van der Waals surface area contributed by atoms with Gasteiger partial charge in [-0.15, -0.1) is 0 Å². The number of aliphatic hydroxyl groups is 1. The number of unbranched alkanes of at least 4 members (excludes halogenated alkanes) is 9. The third kappa shape index (κ3) is 18.9. The van der Waals surface area contributed by atoms with Crippen molar-refractivity contribution in [3.05, 3.63) is 0 Å². The van der Waals surface area contributed by atoms with E-state index < -0.39 is 15.4 Å². The molecule has 4 nitrogen and oxygen atoms in total. The van der Waals surface area contributed by atoms with Crippen LogP contribution in [0.4, 0.5) is 0 Å². The molecule has 0 saturated heterocycles. The third-order valence-electron chi connectivity index (χ3n) is 4.99. The normalized spacial score (nSPS) is 14.0. The summed E-state index contributed by atoms with van der Waals surface area (Å²) >= 11 is 0. The molecule has 0 spiro atoms. The Hall–Kier alpha value is 1.51. The maximum Gasteiger partial charge on any atom is 1.00 e. The van der Waals surface area contributed by atoms with Crippen LogP contribution < -0.4 is 51.4 Å². The van der Waals surface area contributed by atoms with Crippen molar-refractivity contribution in [2.24, 2.45) is 0 Å². The SMILES string of the molecule is CCCCCCCCCCC(O)CCCC(CCCCC)S(=O)(=O)[O-].[K+]. The molecule has 0 amide bonds. The number of aliphatic hydroxyl groups excluding tert-OH is 1. The van der Waals surface area contributed by atoms with E-state index in [1.54, 1.807) is 0 Å². The van der Waals surface area contributed by atoms with E-state index in [0.717, 1.165) is 38.5 Å². The summed E-state index contributed by atoms with van der Waals surface area (Å²) in [4.78, 5) is 0. The minimum absolute atomic E-state index is 0. The standard InChI is InChI=1S/C20H42O4S.K/c1-3-5-7-8-9-10-11-13-15-19(21)16-14-18-20(25(22,23)24)17-12-6-4-2;/h19-21H,3-18H2,1-2H3,(H,22,23,24);/q;+1/p-1. The predicted molar refractivity (Wildman–Crippen MR) is 105 cm³/mol. The maximum atomic E-state index is 11.3. The Morgan fingerprint density at radius 3 is 1.62 bits per heavy atom. The Balaban J connectivity index is 0. The molecule has 0 aliphatic heterocycles. The Morgan fingerprint density at radius 1 is 0.692 bits per heavy atom. The van der Waals surface area contributed by atoms with Crippen molar-refractivity contribution in [3.8, 4) is 0 Å². The van der Waals surface area contributed by atoms with Crippen LogP contribution in [0.3, 0.4) is 0 Å². The van der Waals surface area contributed by atoms with Crippen LogP contribution in [0, 0.1) is 0 Å². The Morgan fingerprint density at radius 2 is 1.08 bits per heavy atom. The van der Waals surface area contributed by atoms with Crippen LogP contribution >= 0.6 is 0 Å². The fourth-order valence-corrected chi connectivity index (χ4v) is 4.21. The van der Waals surface area contributed by atoms with Crippen molar-refractivity contribution < 1.29 is 69.5 Å². The zero-order valence-electron chi connectivity index (χ0n) is 17.5. The molecule has 0 rings (SSSR count). The van der Waals surface area contributed by atoms with Gasteiger partial charge in [0.1, 0.15) is 0 Å². The van der Waals surface area contributed by atoms with Gasteiger partial charge in [0, 0.05) is 5.25 Å². The topological polar surface area (TPSA) is 77.4 Å². The van der Waals surface area contributed by atoms with Gasteiger partial charge in [-0.2, -0.15) is 0 Å². The van der Waals surface area contributed by atoms with E-state index in [4.69, 9.17) is 0 Å². The average Bonchev–Trinajstić information content (AvgIpc) is 2.55. The van der Waals surface area contributed by atoms with Crippen LogP contribution in [0.25, 0.3) is 0 Å². The molecule has 0 radical (unpaired) electrons. The summed E-state index contributed by atoms with van der Waals surface area (Å²) in [5.41, 5.74) is 0. The van der Waals surface area contributed by atoms with E-state index in [0.29, 0.717) is 25.7 Å². The first kappa shape index (κ1) is 29.7. The van der Waals surface area contributed by atoms with E-state index in [-0.39, 0.29) is 57.5 Å². The van der Waals surface area contributed by atoms with E-state index in [1.165, 1.54) is 38.5 Å². The molecule has 6 heteroatoms. The van der Waals surface area contributed by atoms with Crippen LogP contribution in [-0.2, 0) is 10.1 Å². The van der Waals surface area contributed by atoms with Gasteiger partial charge < -0.3 is 9.66 Å². The van der Waals surface area contributed by atoms with Gasteiger partial charge in [0.25, 0.3) is 0 Å². The van der Waals surface area contributed by atoms with Crippen LogP contribution in [-0.4, -0.2) is 29.4 Å². The molecule has 0 aromatic heterocycles. The van der Waals surface area contributed by atoms with Gasteiger partial charge >= 0.3 is 51.4 Å². The Bertz CT molecular complexity index is 387. The zero-order chi connectivity index (χ0) is 19.0. The third-order valence-corrected chi connectivity index (χ3v) is 6.28. The molecule has 0 aromatic rings. The van der Waals surface area contributed by atoms with E-state index >= 15 is 0 Å². The second kappa shape index (κ2) is 19.8. The molecule has 0 bridgehead atoms. The second-order valence-corrected chi connectivity index (χ2v) is 9.11. The van der Waals surface area contributed by atoms with Crippen LogP contribution in [0.2, 0.25) is 0 Å². The molecule has 0 saturated carbocycles. The molecule has 2 atom stereocenters. The minimum Gasteiger partial charge on any atom is -0.748 e. The van der Waals surface area contributed by atoms with Gasteiger partial charge in [0.15, 0.2) is 0 Å². The van der Waals surface area contributed by atoms with Crippen molar-refractivity contribution in [1.29, 1.82) is 0 Å². The summed E-state index contributed by atoms with van der Waals surface area (Å²) in [5, 5.41) is 9.25. The second-order valence-electron chi connectivity index (χ2n) is 7.46. The molecule has 152 valence electrons. The first-order valence-corrected chi connectivity index (χ1v) is 12.0. The van der Waals surface area contributed by atoms with Gasteiger partial charge in [-0.05, 0) is 32.1 Å². The van der Waals surface area contributed by atoms with Crippen molar-refractivity contribution in [2.45, 2.75) is 128 Å². The molecule has 26 heavy (non-hydrogen) atoms. The van der Waals surface area contributed by atoms with Crippen LogP contribution in [0.5, 0.6) is 0 Å². The fourth-order valence-electron chi connectivity index (χ4n) is 3.29. The number of hydrogen-bond acceptors (Lipinski definition) is 4. The van der Waals surface area contributed by atoms with Crippen LogP contribution in [0.15, 0.2) is 0 Å². The fraction of sp³-hybridized carbons (Fsp3) is 1.00. The summed E-state index contributed by atoms with van der Waals surface area (Å²) in [6.07, 6.45) is 15.3. The largest absolute Gasteiger partial charge is 1.00 e. The summed E-state index contributed by atoms with van der Waals surface area (Å²) in [6.45, 7) is 4.28. The first-order valence-electron chi connectivity index (χ1n) is 10.5. The molecule has 1 N–H and O–H groups in total. The number of rotatable bonds is 18. The molecule has 0 aliphatic carbocycles. The monoisotopic (exact) mass is 416 g/mol. The molecule has 2 unspecified atom stereocenters. The van der Waals surface area contributed by atoms with E-state index in [2.05, 4.69) is 13.8 Å². The Labute approximate surface area is 205 Å². The minimum atomic E-state index is -4.21. The average molecular weight is 417 g/mol.